The highest BCUT2D eigenvalue weighted by Gasteiger charge is 2.26. The van der Waals surface area contributed by atoms with Crippen LogP contribution in [0.5, 0.6) is 0 Å². The Hall–Kier alpha value is -0.710. The van der Waals surface area contributed by atoms with E-state index in [1.54, 1.807) is 11.8 Å². The van der Waals surface area contributed by atoms with Crippen molar-refractivity contribution < 1.29 is 4.79 Å². The molecule has 2 rings (SSSR count). The Kier molecular flexibility index (Phi) is 5.13. The van der Waals surface area contributed by atoms with E-state index in [0.29, 0.717) is 12.0 Å². The van der Waals surface area contributed by atoms with Gasteiger partial charge in [-0.2, -0.15) is 0 Å². The van der Waals surface area contributed by atoms with Crippen molar-refractivity contribution in [3.05, 3.63) is 0 Å². The Bertz CT molecular complexity index is 351. The quantitative estimate of drug-likeness (QED) is 0.863. The Balaban J connectivity index is 1.85. The van der Waals surface area contributed by atoms with E-state index in [4.69, 9.17) is 0 Å². The maximum atomic E-state index is 12.3. The molecular weight excluding hydrogens is 258 g/mol. The second-order valence-electron chi connectivity index (χ2n) is 5.81. The summed E-state index contributed by atoms with van der Waals surface area (Å²) in [5.74, 6) is 1.82. The van der Waals surface area contributed by atoms with Gasteiger partial charge in [-0.25, -0.2) is 0 Å². The molecule has 0 radical (unpaired) electrons. The molecule has 2 unspecified atom stereocenters. The minimum absolute atomic E-state index is 0.157. The number of thioether (sulfide) groups is 1. The van der Waals surface area contributed by atoms with Crippen molar-refractivity contribution in [2.45, 2.75) is 52.1 Å². The second-order valence-corrected chi connectivity index (χ2v) is 6.82. The van der Waals surface area contributed by atoms with Gasteiger partial charge in [0.2, 0.25) is 5.91 Å². The summed E-state index contributed by atoms with van der Waals surface area (Å²) >= 11 is 1.74. The van der Waals surface area contributed by atoms with Gasteiger partial charge in [0.05, 0.1) is 6.04 Å². The zero-order valence-electron chi connectivity index (χ0n) is 12.2. The van der Waals surface area contributed by atoms with Crippen molar-refractivity contribution in [2.75, 3.05) is 18.8 Å². The third kappa shape index (κ3) is 3.88. The summed E-state index contributed by atoms with van der Waals surface area (Å²) in [5.41, 5.74) is 0. The van der Waals surface area contributed by atoms with Crippen LogP contribution >= 0.6 is 11.8 Å². The predicted molar refractivity (Wildman–Crippen MR) is 81.5 cm³/mol. The molecule has 0 aromatic heterocycles. The molecule has 0 aromatic carbocycles. The molecule has 0 saturated carbocycles. The van der Waals surface area contributed by atoms with Crippen LogP contribution in [0, 0.1) is 5.92 Å². The Labute approximate surface area is 120 Å². The fourth-order valence-electron chi connectivity index (χ4n) is 2.45. The Morgan fingerprint density at radius 2 is 2.00 bits per heavy atom. The fourth-order valence-corrected chi connectivity index (χ4v) is 3.70. The topological polar surface area (TPSA) is 44.7 Å². The molecule has 1 fully saturated rings. The highest BCUT2D eigenvalue weighted by molar-refractivity contribution is 8.14. The lowest BCUT2D eigenvalue weighted by atomic mass is 10.1. The molecule has 108 valence electrons. The average molecular weight is 283 g/mol. The van der Waals surface area contributed by atoms with E-state index in [1.165, 1.54) is 6.42 Å². The summed E-state index contributed by atoms with van der Waals surface area (Å²) in [7, 11) is 0. The largest absolute Gasteiger partial charge is 0.353 e. The van der Waals surface area contributed by atoms with Crippen molar-refractivity contribution in [3.63, 3.8) is 0 Å². The van der Waals surface area contributed by atoms with E-state index >= 15 is 0 Å². The maximum absolute atomic E-state index is 12.3. The highest BCUT2D eigenvalue weighted by atomic mass is 32.2. The number of likely N-dealkylation sites (tertiary alicyclic amines) is 1. The summed E-state index contributed by atoms with van der Waals surface area (Å²) in [4.78, 5) is 18.9. The van der Waals surface area contributed by atoms with Crippen LogP contribution in [0.15, 0.2) is 4.99 Å². The summed E-state index contributed by atoms with van der Waals surface area (Å²) in [5, 5.41) is 4.22. The lowest BCUT2D eigenvalue weighted by Crippen LogP contribution is -2.47. The monoisotopic (exact) mass is 283 g/mol. The van der Waals surface area contributed by atoms with Crippen molar-refractivity contribution >= 4 is 22.8 Å². The number of amides is 1. The van der Waals surface area contributed by atoms with Gasteiger partial charge < -0.3 is 10.2 Å². The number of aliphatic imine (C=N–C) groups is 1. The molecule has 2 aliphatic heterocycles. The van der Waals surface area contributed by atoms with E-state index < -0.39 is 0 Å². The van der Waals surface area contributed by atoms with Crippen LogP contribution < -0.4 is 5.32 Å². The lowest BCUT2D eigenvalue weighted by Gasteiger charge is -2.29. The molecule has 19 heavy (non-hydrogen) atoms. The van der Waals surface area contributed by atoms with Crippen LogP contribution in [-0.2, 0) is 4.79 Å². The van der Waals surface area contributed by atoms with Crippen molar-refractivity contribution in [3.8, 4) is 0 Å². The molecule has 1 N–H and O–H groups in total. The van der Waals surface area contributed by atoms with Gasteiger partial charge in [-0.3, -0.25) is 9.79 Å². The number of piperidine rings is 1. The molecule has 2 aliphatic rings. The molecule has 1 amide bonds. The average Bonchev–Trinajstić information content (AvgIpc) is 2.87. The number of rotatable bonds is 3. The molecule has 2 heterocycles. The van der Waals surface area contributed by atoms with Gasteiger partial charge in [-0.1, -0.05) is 25.6 Å². The number of hydrogen-bond acceptors (Lipinski definition) is 4. The maximum Gasteiger partial charge on any atom is 0.244 e. The first-order valence-corrected chi connectivity index (χ1v) is 8.32. The van der Waals surface area contributed by atoms with E-state index in [9.17, 15) is 4.79 Å². The molecule has 2 atom stereocenters. The standard InChI is InChI=1S/C14H25N3OS/c1-10(2)12-9-19-14(16-12)15-11(3)13(18)17-7-5-4-6-8-17/h10-12H,4-9H2,1-3H3,(H,15,16). The molecular formula is C14H25N3OS. The summed E-state index contributed by atoms with van der Waals surface area (Å²) in [6.45, 7) is 8.17. The first kappa shape index (κ1) is 14.7. The molecule has 4 nitrogen and oxygen atoms in total. The highest BCUT2D eigenvalue weighted by Crippen LogP contribution is 2.22. The molecule has 0 bridgehead atoms. The van der Waals surface area contributed by atoms with Crippen LogP contribution in [0.4, 0.5) is 0 Å². The van der Waals surface area contributed by atoms with Crippen LogP contribution in [-0.4, -0.2) is 46.9 Å². The van der Waals surface area contributed by atoms with Crippen LogP contribution in [0.3, 0.4) is 0 Å². The Morgan fingerprint density at radius 1 is 1.32 bits per heavy atom. The van der Waals surface area contributed by atoms with Gasteiger partial charge in [0, 0.05) is 18.8 Å². The molecule has 0 aromatic rings. The van der Waals surface area contributed by atoms with Gasteiger partial charge in [0.15, 0.2) is 5.17 Å². The number of nitrogens with one attached hydrogen (secondary N) is 1. The van der Waals surface area contributed by atoms with Crippen molar-refractivity contribution in [1.29, 1.82) is 0 Å². The number of carbonyl (C=O) groups excluding carboxylic acids is 1. The summed E-state index contributed by atoms with van der Waals surface area (Å²) in [6.07, 6.45) is 3.54. The van der Waals surface area contributed by atoms with Gasteiger partial charge >= 0.3 is 0 Å². The van der Waals surface area contributed by atoms with Gasteiger partial charge in [-0.05, 0) is 32.1 Å². The number of hydrogen-bond donors (Lipinski definition) is 1. The smallest absolute Gasteiger partial charge is 0.244 e. The minimum Gasteiger partial charge on any atom is -0.353 e. The molecule has 0 aliphatic carbocycles. The normalized spacial score (nSPS) is 25.4. The van der Waals surface area contributed by atoms with Gasteiger partial charge in [0.25, 0.3) is 0 Å². The second kappa shape index (κ2) is 6.64. The summed E-state index contributed by atoms with van der Waals surface area (Å²) in [6, 6.07) is 0.236. The van der Waals surface area contributed by atoms with Crippen LogP contribution in [0.25, 0.3) is 0 Å². The van der Waals surface area contributed by atoms with Gasteiger partial charge in [-0.15, -0.1) is 0 Å². The zero-order valence-corrected chi connectivity index (χ0v) is 13.0. The molecule has 1 saturated heterocycles. The fraction of sp³-hybridized carbons (Fsp3) is 0.857. The third-order valence-electron chi connectivity index (χ3n) is 3.82. The van der Waals surface area contributed by atoms with Crippen molar-refractivity contribution in [1.82, 2.24) is 10.2 Å². The van der Waals surface area contributed by atoms with E-state index in [0.717, 1.165) is 36.9 Å². The van der Waals surface area contributed by atoms with Crippen molar-refractivity contribution in [2.24, 2.45) is 10.9 Å². The molecule has 0 spiro atoms. The van der Waals surface area contributed by atoms with Gasteiger partial charge in [0.1, 0.15) is 6.04 Å². The summed E-state index contributed by atoms with van der Waals surface area (Å²) < 4.78 is 0. The van der Waals surface area contributed by atoms with Crippen LogP contribution in [0.2, 0.25) is 0 Å². The first-order valence-electron chi connectivity index (χ1n) is 7.34. The van der Waals surface area contributed by atoms with E-state index in [-0.39, 0.29) is 11.9 Å². The van der Waals surface area contributed by atoms with E-state index in [1.807, 2.05) is 11.8 Å². The van der Waals surface area contributed by atoms with Crippen LogP contribution in [0.1, 0.15) is 40.0 Å². The first-order chi connectivity index (χ1) is 9.08. The lowest BCUT2D eigenvalue weighted by molar-refractivity contribution is -0.133. The predicted octanol–water partition coefficient (Wildman–Crippen LogP) is 2.10. The zero-order chi connectivity index (χ0) is 13.8. The SMILES string of the molecule is CC(NC1=NC(C(C)C)CS1)C(=O)N1CCCCC1. The number of carbonyl (C=O) groups is 1. The number of nitrogens with zero attached hydrogens (tertiary/aromatic N) is 2. The number of amidine groups is 1. The molecule has 5 heteroatoms. The Morgan fingerprint density at radius 3 is 2.58 bits per heavy atom. The minimum atomic E-state index is -0.157. The third-order valence-corrected chi connectivity index (χ3v) is 4.83. The van der Waals surface area contributed by atoms with E-state index in [2.05, 4.69) is 24.2 Å².